The Bertz CT molecular complexity index is 1590. The Kier molecular flexibility index (Phi) is 6.85. The van der Waals surface area contributed by atoms with Gasteiger partial charge in [0.1, 0.15) is 17.3 Å². The standard InChI is InChI=1S/C28H32ClN9O2/c1-17-24(25(29)36(3)34-17)32-27(39)20-9-10-38-22(20)8-5-18-16-30-28(33-26(18)38)31-21-7-6-19(15-23(21)40-4)37-13-11-35(2)12-14-37/h6-7,9-10,15-16H,5,8,11-14H2,1-4H3,(H,32,39)(H,30,31,33). The SMILES string of the molecule is COc1cc(N2CCN(C)CC2)ccc1Nc1ncc2c(n1)-n1ccc(C(=O)Nc3c(C)nn(C)c3Cl)c1CC2. The van der Waals surface area contributed by atoms with E-state index >= 15 is 0 Å². The molecule has 0 bridgehead atoms. The van der Waals surface area contributed by atoms with E-state index in [1.807, 2.05) is 36.0 Å². The zero-order valence-corrected chi connectivity index (χ0v) is 23.8. The van der Waals surface area contributed by atoms with E-state index in [0.29, 0.717) is 34.5 Å². The van der Waals surface area contributed by atoms with Gasteiger partial charge in [0.05, 0.1) is 24.1 Å². The highest BCUT2D eigenvalue weighted by atomic mass is 35.5. The summed E-state index contributed by atoms with van der Waals surface area (Å²) in [6, 6.07) is 7.97. The lowest BCUT2D eigenvalue weighted by Crippen LogP contribution is -2.44. The van der Waals surface area contributed by atoms with E-state index < -0.39 is 0 Å². The number of hydrogen-bond donors (Lipinski definition) is 2. The van der Waals surface area contributed by atoms with Crippen molar-refractivity contribution in [3.8, 4) is 11.6 Å². The Morgan fingerprint density at radius 1 is 1.10 bits per heavy atom. The number of ether oxygens (including phenoxy) is 1. The van der Waals surface area contributed by atoms with Gasteiger partial charge in [-0.1, -0.05) is 11.6 Å². The lowest BCUT2D eigenvalue weighted by molar-refractivity contribution is 0.102. The molecule has 3 aromatic heterocycles. The number of methoxy groups -OCH3 is 1. The fourth-order valence-electron chi connectivity index (χ4n) is 5.34. The van der Waals surface area contributed by atoms with Crippen LogP contribution in [0.2, 0.25) is 5.15 Å². The molecule has 0 radical (unpaired) electrons. The summed E-state index contributed by atoms with van der Waals surface area (Å²) in [6.07, 6.45) is 5.15. The number of anilines is 4. The van der Waals surface area contributed by atoms with Crippen molar-refractivity contribution in [2.45, 2.75) is 19.8 Å². The summed E-state index contributed by atoms with van der Waals surface area (Å²) in [6.45, 7) is 5.84. The molecule has 0 atom stereocenters. The van der Waals surface area contributed by atoms with Crippen LogP contribution in [0.5, 0.6) is 5.75 Å². The molecule has 2 N–H and O–H groups in total. The van der Waals surface area contributed by atoms with Gasteiger partial charge in [0.25, 0.3) is 5.91 Å². The zero-order valence-electron chi connectivity index (χ0n) is 23.0. The highest BCUT2D eigenvalue weighted by Crippen LogP contribution is 2.33. The number of carbonyl (C=O) groups is 1. The first-order chi connectivity index (χ1) is 19.3. The van der Waals surface area contributed by atoms with Gasteiger partial charge >= 0.3 is 0 Å². The minimum atomic E-state index is -0.229. The van der Waals surface area contributed by atoms with Crippen molar-refractivity contribution in [3.63, 3.8) is 0 Å². The fourth-order valence-corrected chi connectivity index (χ4v) is 5.56. The first kappa shape index (κ1) is 26.1. The largest absolute Gasteiger partial charge is 0.494 e. The quantitative estimate of drug-likeness (QED) is 0.366. The number of carbonyl (C=O) groups excluding carboxylic acids is 1. The van der Waals surface area contributed by atoms with E-state index in [4.69, 9.17) is 21.3 Å². The van der Waals surface area contributed by atoms with Crippen molar-refractivity contribution in [3.05, 3.63) is 64.3 Å². The van der Waals surface area contributed by atoms with E-state index in [2.05, 4.69) is 49.7 Å². The van der Waals surface area contributed by atoms with Crippen LogP contribution >= 0.6 is 11.6 Å². The average molecular weight is 562 g/mol. The number of nitrogens with zero attached hydrogens (tertiary/aromatic N) is 7. The second-order valence-corrected chi connectivity index (χ2v) is 10.6. The Morgan fingerprint density at radius 2 is 1.90 bits per heavy atom. The van der Waals surface area contributed by atoms with Crippen LogP contribution in [0, 0.1) is 6.92 Å². The fraction of sp³-hybridized carbons (Fsp3) is 0.357. The highest BCUT2D eigenvalue weighted by Gasteiger charge is 2.25. The van der Waals surface area contributed by atoms with E-state index in [0.717, 1.165) is 66.8 Å². The van der Waals surface area contributed by atoms with Crippen LogP contribution in [-0.2, 0) is 19.9 Å². The molecule has 12 heteroatoms. The molecule has 5 heterocycles. The number of fused-ring (bicyclic) bond motifs is 3. The predicted octanol–water partition coefficient (Wildman–Crippen LogP) is 3.82. The number of aromatic nitrogens is 5. The van der Waals surface area contributed by atoms with Gasteiger partial charge in [-0.2, -0.15) is 10.1 Å². The number of hydrogen-bond acceptors (Lipinski definition) is 8. The van der Waals surface area contributed by atoms with Gasteiger partial charge in [0.2, 0.25) is 5.95 Å². The van der Waals surface area contributed by atoms with Crippen LogP contribution in [-0.4, -0.2) is 75.5 Å². The highest BCUT2D eigenvalue weighted by molar-refractivity contribution is 6.33. The number of benzene rings is 1. The summed E-state index contributed by atoms with van der Waals surface area (Å²) in [7, 11) is 5.56. The van der Waals surface area contributed by atoms with Gasteiger partial charge in [-0.05, 0) is 45.0 Å². The maximum atomic E-state index is 13.2. The smallest absolute Gasteiger partial charge is 0.257 e. The van der Waals surface area contributed by atoms with Crippen LogP contribution in [0.15, 0.2) is 36.7 Å². The molecule has 6 rings (SSSR count). The van der Waals surface area contributed by atoms with Gasteiger partial charge in [0.15, 0.2) is 5.15 Å². The number of likely N-dealkylation sites (N-methyl/N-ethyl adjacent to an activating group) is 1. The molecular weight excluding hydrogens is 530 g/mol. The normalized spacial score (nSPS) is 15.0. The number of halogens is 1. The lowest BCUT2D eigenvalue weighted by atomic mass is 10.0. The molecule has 2 aliphatic rings. The Morgan fingerprint density at radius 3 is 2.62 bits per heavy atom. The Balaban J connectivity index is 1.24. The van der Waals surface area contributed by atoms with Crippen LogP contribution in [0.25, 0.3) is 5.82 Å². The molecule has 11 nitrogen and oxygen atoms in total. The number of aryl methyl sites for hydroxylation is 3. The van der Waals surface area contributed by atoms with E-state index in [1.165, 1.54) is 0 Å². The molecule has 0 spiro atoms. The minimum Gasteiger partial charge on any atom is -0.494 e. The maximum Gasteiger partial charge on any atom is 0.257 e. The van der Waals surface area contributed by atoms with Crippen molar-refractivity contribution >= 4 is 40.5 Å². The van der Waals surface area contributed by atoms with E-state index in [-0.39, 0.29) is 5.91 Å². The van der Waals surface area contributed by atoms with Gasteiger partial charge in [0, 0.05) is 68.6 Å². The Labute approximate surface area is 237 Å². The average Bonchev–Trinajstić information content (AvgIpc) is 3.50. The number of rotatable bonds is 6. The van der Waals surface area contributed by atoms with Crippen LogP contribution in [0.4, 0.5) is 23.0 Å². The summed E-state index contributed by atoms with van der Waals surface area (Å²) in [5, 5.41) is 10.9. The molecule has 0 unspecified atom stereocenters. The van der Waals surface area contributed by atoms with Crippen molar-refractivity contribution in [2.75, 3.05) is 55.9 Å². The van der Waals surface area contributed by atoms with E-state index in [9.17, 15) is 4.79 Å². The molecule has 0 aliphatic carbocycles. The second-order valence-electron chi connectivity index (χ2n) is 10.2. The lowest BCUT2D eigenvalue weighted by Gasteiger charge is -2.34. The summed E-state index contributed by atoms with van der Waals surface area (Å²) < 4.78 is 9.22. The summed E-state index contributed by atoms with van der Waals surface area (Å²) >= 11 is 6.33. The molecule has 1 fully saturated rings. The van der Waals surface area contributed by atoms with Gasteiger partial charge in [-0.15, -0.1) is 0 Å². The van der Waals surface area contributed by atoms with Crippen molar-refractivity contribution in [1.82, 2.24) is 29.2 Å². The third kappa shape index (κ3) is 4.75. The summed E-state index contributed by atoms with van der Waals surface area (Å²) in [5.41, 5.74) is 5.59. The van der Waals surface area contributed by atoms with Crippen molar-refractivity contribution in [1.29, 1.82) is 0 Å². The molecular formula is C28H32ClN9O2. The van der Waals surface area contributed by atoms with Gasteiger partial charge in [-0.25, -0.2) is 4.98 Å². The minimum absolute atomic E-state index is 0.229. The molecule has 1 saturated heterocycles. The molecule has 2 aliphatic heterocycles. The monoisotopic (exact) mass is 561 g/mol. The zero-order chi connectivity index (χ0) is 28.0. The number of amides is 1. The first-order valence-corrected chi connectivity index (χ1v) is 13.7. The third-order valence-corrected chi connectivity index (χ3v) is 8.06. The topological polar surface area (TPSA) is 105 Å². The third-order valence-electron chi connectivity index (χ3n) is 7.63. The molecule has 40 heavy (non-hydrogen) atoms. The second kappa shape index (κ2) is 10.5. The summed E-state index contributed by atoms with van der Waals surface area (Å²) in [5.74, 6) is 1.70. The van der Waals surface area contributed by atoms with E-state index in [1.54, 1.807) is 18.8 Å². The molecule has 0 saturated carbocycles. The van der Waals surface area contributed by atoms with Gasteiger partial charge < -0.3 is 29.7 Å². The van der Waals surface area contributed by atoms with Crippen LogP contribution in [0.3, 0.4) is 0 Å². The molecule has 208 valence electrons. The number of nitrogens with one attached hydrogen (secondary N) is 2. The van der Waals surface area contributed by atoms with Gasteiger partial charge in [-0.3, -0.25) is 9.48 Å². The molecule has 1 amide bonds. The summed E-state index contributed by atoms with van der Waals surface area (Å²) in [4.78, 5) is 27.3. The van der Waals surface area contributed by atoms with Crippen LogP contribution < -0.4 is 20.3 Å². The first-order valence-electron chi connectivity index (χ1n) is 13.3. The predicted molar refractivity (Wildman–Crippen MR) is 156 cm³/mol. The maximum absolute atomic E-state index is 13.2. The number of piperazine rings is 1. The Hall–Kier alpha value is -4.09. The molecule has 1 aromatic carbocycles. The van der Waals surface area contributed by atoms with Crippen LogP contribution in [0.1, 0.15) is 27.3 Å². The van der Waals surface area contributed by atoms with Crippen molar-refractivity contribution in [2.24, 2.45) is 7.05 Å². The molecule has 4 aromatic rings. The van der Waals surface area contributed by atoms with Crippen molar-refractivity contribution < 1.29 is 9.53 Å².